The lowest BCUT2D eigenvalue weighted by Crippen LogP contribution is -2.27. The molecule has 0 saturated heterocycles. The van der Waals surface area contributed by atoms with Crippen molar-refractivity contribution in [1.82, 2.24) is 15.1 Å². The van der Waals surface area contributed by atoms with E-state index < -0.39 is 0 Å². The Bertz CT molecular complexity index is 1200. The van der Waals surface area contributed by atoms with Gasteiger partial charge in [0.2, 0.25) is 0 Å². The first-order valence-electron chi connectivity index (χ1n) is 9.88. The Hall–Kier alpha value is -3.35. The van der Waals surface area contributed by atoms with Crippen molar-refractivity contribution in [3.05, 3.63) is 94.6 Å². The third-order valence-electron chi connectivity index (χ3n) is 5.09. The Labute approximate surface area is 185 Å². The Morgan fingerprint density at radius 1 is 1.16 bits per heavy atom. The Morgan fingerprint density at radius 3 is 2.68 bits per heavy atom. The number of nitrogens with zero attached hydrogens (tertiary/aromatic N) is 2. The number of amides is 1. The van der Waals surface area contributed by atoms with E-state index in [4.69, 9.17) is 21.4 Å². The Morgan fingerprint density at radius 2 is 1.94 bits per heavy atom. The minimum atomic E-state index is -0.376. The summed E-state index contributed by atoms with van der Waals surface area (Å²) in [5, 5.41) is 17.9. The molecule has 0 fully saturated rings. The number of halogens is 1. The zero-order valence-electron chi connectivity index (χ0n) is 17.0. The van der Waals surface area contributed by atoms with Crippen LogP contribution in [0, 0.1) is 0 Å². The molecule has 3 aromatic carbocycles. The van der Waals surface area contributed by atoms with Crippen LogP contribution in [0.4, 0.5) is 0 Å². The first-order valence-corrected chi connectivity index (χ1v) is 10.3. The van der Waals surface area contributed by atoms with Gasteiger partial charge in [-0.15, -0.1) is 0 Å². The van der Waals surface area contributed by atoms with E-state index in [1.54, 1.807) is 24.4 Å². The monoisotopic (exact) mass is 435 g/mol. The highest BCUT2D eigenvalue weighted by atomic mass is 35.5. The van der Waals surface area contributed by atoms with E-state index in [1.165, 1.54) is 0 Å². The molecule has 4 rings (SSSR count). The standard InChI is InChI=1S/C24H22ClN3O3/c1-16(18-8-10-21(11-9-18)31-15-29)27-24(30)22-7-3-5-19-13-26-28(23(19)22)14-17-4-2-6-20(25)12-17/h2-13,16,29H,14-15H2,1H3,(H,27,30)/t16-/m0/s1. The van der Waals surface area contributed by atoms with Gasteiger partial charge in [-0.2, -0.15) is 5.10 Å². The van der Waals surface area contributed by atoms with Crippen LogP contribution in [0.3, 0.4) is 0 Å². The molecular formula is C24H22ClN3O3. The van der Waals surface area contributed by atoms with Crippen LogP contribution in [0.2, 0.25) is 5.02 Å². The van der Waals surface area contributed by atoms with Gasteiger partial charge in [0.1, 0.15) is 5.75 Å². The van der Waals surface area contributed by atoms with Gasteiger partial charge in [-0.1, -0.05) is 48.0 Å². The second-order valence-electron chi connectivity index (χ2n) is 7.21. The second-order valence-corrected chi connectivity index (χ2v) is 7.65. The minimum absolute atomic E-state index is 0.179. The number of benzene rings is 3. The summed E-state index contributed by atoms with van der Waals surface area (Å²) < 4.78 is 6.87. The van der Waals surface area contributed by atoms with Crippen LogP contribution in [0.5, 0.6) is 5.75 Å². The van der Waals surface area contributed by atoms with E-state index in [9.17, 15) is 4.79 Å². The fraction of sp³-hybridized carbons (Fsp3) is 0.167. The summed E-state index contributed by atoms with van der Waals surface area (Å²) in [7, 11) is 0. The number of aliphatic hydroxyl groups excluding tert-OH is 1. The summed E-state index contributed by atoms with van der Waals surface area (Å²) in [4.78, 5) is 13.1. The average molecular weight is 436 g/mol. The molecular weight excluding hydrogens is 414 g/mol. The maximum atomic E-state index is 13.1. The molecule has 158 valence electrons. The number of aliphatic hydroxyl groups is 1. The highest BCUT2D eigenvalue weighted by molar-refractivity contribution is 6.30. The van der Waals surface area contributed by atoms with Crippen molar-refractivity contribution in [2.75, 3.05) is 6.79 Å². The predicted octanol–water partition coefficient (Wildman–Crippen LogP) is 4.56. The Balaban J connectivity index is 1.58. The van der Waals surface area contributed by atoms with Crippen LogP contribution >= 0.6 is 11.6 Å². The number of fused-ring (bicyclic) bond motifs is 1. The topological polar surface area (TPSA) is 76.4 Å². The first kappa shape index (κ1) is 20.9. The molecule has 0 aliphatic rings. The van der Waals surface area contributed by atoms with E-state index >= 15 is 0 Å². The molecule has 0 saturated carbocycles. The molecule has 0 radical (unpaired) electrons. The van der Waals surface area contributed by atoms with Crippen LogP contribution in [0.1, 0.15) is 34.5 Å². The molecule has 0 spiro atoms. The molecule has 0 aliphatic carbocycles. The molecule has 6 nitrogen and oxygen atoms in total. The van der Waals surface area contributed by atoms with Gasteiger partial charge in [-0.05, 0) is 48.4 Å². The number of hydrogen-bond donors (Lipinski definition) is 2. The van der Waals surface area contributed by atoms with Crippen LogP contribution in [-0.4, -0.2) is 27.6 Å². The predicted molar refractivity (Wildman–Crippen MR) is 120 cm³/mol. The third kappa shape index (κ3) is 4.71. The lowest BCUT2D eigenvalue weighted by atomic mass is 10.1. The van der Waals surface area contributed by atoms with Gasteiger partial charge in [0, 0.05) is 10.4 Å². The molecule has 0 aliphatic heterocycles. The van der Waals surface area contributed by atoms with Crippen molar-refractivity contribution in [1.29, 1.82) is 0 Å². The minimum Gasteiger partial charge on any atom is -0.468 e. The third-order valence-corrected chi connectivity index (χ3v) is 5.32. The molecule has 1 aromatic heterocycles. The smallest absolute Gasteiger partial charge is 0.253 e. The quantitative estimate of drug-likeness (QED) is 0.417. The molecule has 7 heteroatoms. The molecule has 4 aromatic rings. The highest BCUT2D eigenvalue weighted by Crippen LogP contribution is 2.23. The van der Waals surface area contributed by atoms with E-state index in [0.717, 1.165) is 22.0 Å². The largest absolute Gasteiger partial charge is 0.468 e. The summed E-state index contributed by atoms with van der Waals surface area (Å²) in [6.07, 6.45) is 1.76. The van der Waals surface area contributed by atoms with Crippen molar-refractivity contribution in [3.8, 4) is 5.75 Å². The van der Waals surface area contributed by atoms with Gasteiger partial charge in [0.25, 0.3) is 5.91 Å². The zero-order chi connectivity index (χ0) is 21.8. The first-order chi connectivity index (χ1) is 15.0. The highest BCUT2D eigenvalue weighted by Gasteiger charge is 2.17. The molecule has 1 atom stereocenters. The van der Waals surface area contributed by atoms with Crippen molar-refractivity contribution < 1.29 is 14.6 Å². The maximum absolute atomic E-state index is 13.1. The van der Waals surface area contributed by atoms with Crippen LogP contribution in [-0.2, 0) is 6.54 Å². The summed E-state index contributed by atoms with van der Waals surface area (Å²) in [6.45, 7) is 2.05. The molecule has 0 bridgehead atoms. The van der Waals surface area contributed by atoms with Crippen LogP contribution in [0.15, 0.2) is 72.9 Å². The summed E-state index contributed by atoms with van der Waals surface area (Å²) in [5.74, 6) is 0.390. The number of para-hydroxylation sites is 1. The van der Waals surface area contributed by atoms with E-state index in [1.807, 2.05) is 60.1 Å². The van der Waals surface area contributed by atoms with Crippen molar-refractivity contribution >= 4 is 28.4 Å². The number of aromatic nitrogens is 2. The number of nitrogens with one attached hydrogen (secondary N) is 1. The number of carbonyl (C=O) groups is 1. The van der Waals surface area contributed by atoms with Gasteiger partial charge in [0.15, 0.2) is 6.79 Å². The van der Waals surface area contributed by atoms with Gasteiger partial charge in [-0.25, -0.2) is 0 Å². The molecule has 0 unspecified atom stereocenters. The molecule has 1 heterocycles. The second kappa shape index (κ2) is 9.20. The van der Waals surface area contributed by atoms with E-state index in [0.29, 0.717) is 22.9 Å². The number of ether oxygens (including phenoxy) is 1. The van der Waals surface area contributed by atoms with Crippen molar-refractivity contribution in [2.24, 2.45) is 0 Å². The van der Waals surface area contributed by atoms with Crippen molar-refractivity contribution in [2.45, 2.75) is 19.5 Å². The lowest BCUT2D eigenvalue weighted by molar-refractivity contribution is 0.0941. The lowest BCUT2D eigenvalue weighted by Gasteiger charge is -2.16. The summed E-state index contributed by atoms with van der Waals surface area (Å²) in [5.41, 5.74) is 3.27. The molecule has 1 amide bonds. The van der Waals surface area contributed by atoms with Crippen molar-refractivity contribution in [3.63, 3.8) is 0 Å². The van der Waals surface area contributed by atoms with E-state index in [-0.39, 0.29) is 18.7 Å². The van der Waals surface area contributed by atoms with Gasteiger partial charge < -0.3 is 15.2 Å². The van der Waals surface area contributed by atoms with Gasteiger partial charge in [-0.3, -0.25) is 9.48 Å². The average Bonchev–Trinajstić information content (AvgIpc) is 3.17. The Kier molecular flexibility index (Phi) is 6.21. The summed E-state index contributed by atoms with van der Waals surface area (Å²) in [6, 6.07) is 20.2. The number of hydrogen-bond acceptors (Lipinski definition) is 4. The van der Waals surface area contributed by atoms with Gasteiger partial charge >= 0.3 is 0 Å². The van der Waals surface area contributed by atoms with Gasteiger partial charge in [0.05, 0.1) is 29.9 Å². The SMILES string of the molecule is C[C@H](NC(=O)c1cccc2cnn(Cc3cccc(Cl)c3)c12)c1ccc(OCO)cc1. The maximum Gasteiger partial charge on any atom is 0.253 e. The fourth-order valence-electron chi connectivity index (χ4n) is 3.54. The number of rotatable bonds is 7. The number of carbonyl (C=O) groups excluding carboxylic acids is 1. The molecule has 2 N–H and O–H groups in total. The van der Waals surface area contributed by atoms with Crippen LogP contribution < -0.4 is 10.1 Å². The zero-order valence-corrected chi connectivity index (χ0v) is 17.7. The summed E-state index contributed by atoms with van der Waals surface area (Å²) >= 11 is 6.11. The fourth-order valence-corrected chi connectivity index (χ4v) is 3.75. The molecule has 31 heavy (non-hydrogen) atoms. The van der Waals surface area contributed by atoms with Crippen LogP contribution in [0.25, 0.3) is 10.9 Å². The normalized spacial score (nSPS) is 12.0. The van der Waals surface area contributed by atoms with E-state index in [2.05, 4.69) is 10.4 Å².